The van der Waals surface area contributed by atoms with Crippen molar-refractivity contribution in [2.24, 2.45) is 20.5 Å². The highest BCUT2D eigenvalue weighted by molar-refractivity contribution is 5.52. The van der Waals surface area contributed by atoms with E-state index < -0.39 is 6.10 Å². The van der Waals surface area contributed by atoms with Crippen LogP contribution in [0, 0.1) is 13.8 Å². The molecule has 13 heteroatoms. The monoisotopic (exact) mass is 492 g/mol. The maximum absolute atomic E-state index is 11.8. The molecule has 36 heavy (non-hydrogen) atoms. The number of hydrogen-bond acceptors (Lipinski definition) is 9. The number of para-hydroxylation sites is 2. The van der Waals surface area contributed by atoms with Crippen molar-refractivity contribution in [1.82, 2.24) is 20.4 Å². The summed E-state index contributed by atoms with van der Waals surface area (Å²) < 4.78 is 11.4. The summed E-state index contributed by atoms with van der Waals surface area (Å²) >= 11 is 0. The Bertz CT molecular complexity index is 1380. The van der Waals surface area contributed by atoms with Gasteiger partial charge in [-0.1, -0.05) is 24.3 Å². The number of azo groups is 2. The Morgan fingerprint density at radius 2 is 1.11 bits per heavy atom. The molecule has 0 bridgehead atoms. The molecule has 186 valence electrons. The Labute approximate surface area is 203 Å². The SMILES string of the molecule is Cc1[nH][nH]c(=O)c1N=Nc1ccccc1OCC(O)COc1ccccc1N=Nc1c(C)[nH][nH]c1=O. The topological polar surface area (TPSA) is 185 Å². The van der Waals surface area contributed by atoms with Gasteiger partial charge in [0.2, 0.25) is 0 Å². The first kappa shape index (κ1) is 24.3. The van der Waals surface area contributed by atoms with Crippen LogP contribution in [-0.4, -0.2) is 44.8 Å². The molecule has 2 heterocycles. The third kappa shape index (κ3) is 5.82. The summed E-state index contributed by atoms with van der Waals surface area (Å²) in [7, 11) is 0. The number of nitrogens with one attached hydrogen (secondary N) is 4. The second kappa shape index (κ2) is 11.1. The lowest BCUT2D eigenvalue weighted by molar-refractivity contribution is 0.0630. The van der Waals surface area contributed by atoms with Crippen LogP contribution < -0.4 is 20.6 Å². The Hall–Kier alpha value is -4.78. The van der Waals surface area contributed by atoms with Crippen molar-refractivity contribution in [1.29, 1.82) is 0 Å². The number of benzene rings is 2. The lowest BCUT2D eigenvalue weighted by Gasteiger charge is -2.15. The molecule has 0 saturated carbocycles. The van der Waals surface area contributed by atoms with Crippen molar-refractivity contribution in [3.63, 3.8) is 0 Å². The molecule has 0 saturated heterocycles. The summed E-state index contributed by atoms with van der Waals surface area (Å²) in [6.45, 7) is 3.23. The van der Waals surface area contributed by atoms with E-state index in [4.69, 9.17) is 9.47 Å². The first-order chi connectivity index (χ1) is 17.4. The van der Waals surface area contributed by atoms with E-state index >= 15 is 0 Å². The highest BCUT2D eigenvalue weighted by Gasteiger charge is 2.12. The van der Waals surface area contributed by atoms with Gasteiger partial charge in [0, 0.05) is 0 Å². The van der Waals surface area contributed by atoms with E-state index in [0.717, 1.165) is 0 Å². The van der Waals surface area contributed by atoms with Crippen LogP contribution in [0.15, 0.2) is 78.6 Å². The first-order valence-corrected chi connectivity index (χ1v) is 10.9. The zero-order chi connectivity index (χ0) is 25.5. The van der Waals surface area contributed by atoms with E-state index in [0.29, 0.717) is 34.3 Å². The lowest BCUT2D eigenvalue weighted by atomic mass is 10.3. The summed E-state index contributed by atoms with van der Waals surface area (Å²) in [5.41, 5.74) is 1.50. The lowest BCUT2D eigenvalue weighted by Crippen LogP contribution is -2.25. The quantitative estimate of drug-likeness (QED) is 0.209. The molecule has 0 spiro atoms. The standard InChI is InChI=1S/C23H24N8O5/c1-13-20(22(33)30-24-13)28-26-16-7-3-5-9-18(16)35-11-15(32)12-36-19-10-6-4-8-17(19)27-29-21-14(2)25-31-23(21)34/h3-10,15,32H,11-12H2,1-2H3,(H2,24,30,33)(H2,25,31,34). The summed E-state index contributed by atoms with van der Waals surface area (Å²) in [6, 6.07) is 13.7. The van der Waals surface area contributed by atoms with Gasteiger partial charge < -0.3 is 24.8 Å². The number of aromatic nitrogens is 4. The number of aromatic amines is 4. The van der Waals surface area contributed by atoms with Gasteiger partial charge in [-0.3, -0.25) is 19.8 Å². The highest BCUT2D eigenvalue weighted by Crippen LogP contribution is 2.30. The van der Waals surface area contributed by atoms with Crippen molar-refractivity contribution >= 4 is 22.7 Å². The second-order valence-electron chi connectivity index (χ2n) is 7.72. The van der Waals surface area contributed by atoms with Crippen molar-refractivity contribution in [2.45, 2.75) is 20.0 Å². The van der Waals surface area contributed by atoms with Crippen LogP contribution in [0.3, 0.4) is 0 Å². The molecule has 4 aromatic rings. The van der Waals surface area contributed by atoms with E-state index in [1.54, 1.807) is 62.4 Å². The zero-order valence-corrected chi connectivity index (χ0v) is 19.5. The minimum Gasteiger partial charge on any atom is -0.488 e. The molecule has 0 amide bonds. The van der Waals surface area contributed by atoms with Crippen LogP contribution >= 0.6 is 0 Å². The van der Waals surface area contributed by atoms with Crippen LogP contribution in [0.5, 0.6) is 11.5 Å². The third-order valence-corrected chi connectivity index (χ3v) is 4.98. The molecule has 2 aromatic heterocycles. The number of nitrogens with zero attached hydrogens (tertiary/aromatic N) is 4. The van der Waals surface area contributed by atoms with Crippen molar-refractivity contribution in [3.8, 4) is 11.5 Å². The van der Waals surface area contributed by atoms with Gasteiger partial charge in [0.25, 0.3) is 11.1 Å². The third-order valence-electron chi connectivity index (χ3n) is 4.98. The van der Waals surface area contributed by atoms with Gasteiger partial charge in [-0.25, -0.2) is 0 Å². The van der Waals surface area contributed by atoms with Gasteiger partial charge in [-0.15, -0.1) is 20.5 Å². The summed E-state index contributed by atoms with van der Waals surface area (Å²) in [4.78, 5) is 23.5. The Morgan fingerprint density at radius 3 is 1.50 bits per heavy atom. The van der Waals surface area contributed by atoms with Gasteiger partial charge >= 0.3 is 0 Å². The van der Waals surface area contributed by atoms with Crippen molar-refractivity contribution < 1.29 is 14.6 Å². The van der Waals surface area contributed by atoms with Crippen LogP contribution in [0.2, 0.25) is 0 Å². The fourth-order valence-electron chi connectivity index (χ4n) is 3.07. The fraction of sp³-hybridized carbons (Fsp3) is 0.217. The maximum Gasteiger partial charge on any atom is 0.291 e. The average Bonchev–Trinajstić information content (AvgIpc) is 3.38. The molecule has 0 fully saturated rings. The number of aliphatic hydroxyl groups is 1. The Balaban J connectivity index is 1.37. The van der Waals surface area contributed by atoms with E-state index in [1.807, 2.05) is 0 Å². The molecule has 2 aromatic carbocycles. The van der Waals surface area contributed by atoms with Crippen LogP contribution in [0.4, 0.5) is 22.7 Å². The van der Waals surface area contributed by atoms with Crippen molar-refractivity contribution in [3.05, 3.63) is 80.6 Å². The Morgan fingerprint density at radius 1 is 0.694 bits per heavy atom. The van der Waals surface area contributed by atoms with Gasteiger partial charge in [0.05, 0.1) is 11.4 Å². The average molecular weight is 492 g/mol. The molecule has 5 N–H and O–H groups in total. The predicted octanol–water partition coefficient (Wildman–Crippen LogP) is 3.99. The molecule has 13 nitrogen and oxygen atoms in total. The van der Waals surface area contributed by atoms with Crippen LogP contribution in [0.1, 0.15) is 11.4 Å². The highest BCUT2D eigenvalue weighted by atomic mass is 16.5. The molecule has 0 radical (unpaired) electrons. The largest absolute Gasteiger partial charge is 0.488 e. The predicted molar refractivity (Wildman–Crippen MR) is 131 cm³/mol. The van der Waals surface area contributed by atoms with Crippen LogP contribution in [-0.2, 0) is 0 Å². The molecular formula is C23H24N8O5. The summed E-state index contributed by atoms with van der Waals surface area (Å²) in [6.07, 6.45) is -0.982. The van der Waals surface area contributed by atoms with E-state index in [9.17, 15) is 14.7 Å². The maximum atomic E-state index is 11.8. The number of ether oxygens (including phenoxy) is 2. The van der Waals surface area contributed by atoms with Gasteiger partial charge in [-0.05, 0) is 38.1 Å². The second-order valence-corrected chi connectivity index (χ2v) is 7.72. The Kier molecular flexibility index (Phi) is 7.51. The van der Waals surface area contributed by atoms with E-state index in [1.165, 1.54) is 0 Å². The van der Waals surface area contributed by atoms with E-state index in [2.05, 4.69) is 40.9 Å². The minimum atomic E-state index is -0.982. The molecule has 0 unspecified atom stereocenters. The number of aryl methyl sites for hydroxylation is 2. The number of aliphatic hydroxyl groups excluding tert-OH is 1. The zero-order valence-electron chi connectivity index (χ0n) is 19.5. The molecular weight excluding hydrogens is 468 g/mol. The molecule has 0 aliphatic heterocycles. The normalized spacial score (nSPS) is 12.4. The summed E-state index contributed by atoms with van der Waals surface area (Å²) in [5, 5.41) is 36.8. The fourth-order valence-corrected chi connectivity index (χ4v) is 3.07. The van der Waals surface area contributed by atoms with E-state index in [-0.39, 0.29) is 35.7 Å². The summed E-state index contributed by atoms with van der Waals surface area (Å²) in [5.74, 6) is 0.762. The smallest absolute Gasteiger partial charge is 0.291 e. The van der Waals surface area contributed by atoms with Gasteiger partial charge in [0.1, 0.15) is 42.2 Å². The minimum absolute atomic E-state index is 0.0854. The van der Waals surface area contributed by atoms with Crippen LogP contribution in [0.25, 0.3) is 0 Å². The molecule has 0 aliphatic carbocycles. The number of rotatable bonds is 10. The molecule has 4 rings (SSSR count). The number of hydrogen-bond donors (Lipinski definition) is 5. The van der Waals surface area contributed by atoms with Gasteiger partial charge in [0.15, 0.2) is 11.4 Å². The molecule has 0 atom stereocenters. The van der Waals surface area contributed by atoms with Gasteiger partial charge in [-0.2, -0.15) is 0 Å². The first-order valence-electron chi connectivity index (χ1n) is 10.9. The molecule has 0 aliphatic rings. The number of H-pyrrole nitrogens is 4. The van der Waals surface area contributed by atoms with Crippen molar-refractivity contribution in [2.75, 3.05) is 13.2 Å².